The van der Waals surface area contributed by atoms with E-state index < -0.39 is 0 Å². The van der Waals surface area contributed by atoms with E-state index in [1.165, 1.54) is 0 Å². The second kappa shape index (κ2) is 13.2. The number of aryl methyl sites for hydroxylation is 2. The number of aromatic nitrogens is 2. The van der Waals surface area contributed by atoms with Gasteiger partial charge in [0, 0.05) is 24.2 Å². The minimum atomic E-state index is -0.234. The molecule has 0 aliphatic heterocycles. The van der Waals surface area contributed by atoms with Gasteiger partial charge < -0.3 is 0 Å². The van der Waals surface area contributed by atoms with Crippen molar-refractivity contribution in [2.45, 2.75) is 59.8 Å². The van der Waals surface area contributed by atoms with Crippen LogP contribution < -0.4 is 0 Å². The van der Waals surface area contributed by atoms with Crippen molar-refractivity contribution in [3.63, 3.8) is 0 Å². The van der Waals surface area contributed by atoms with Crippen molar-refractivity contribution in [2.75, 3.05) is 0 Å². The van der Waals surface area contributed by atoms with E-state index in [9.17, 15) is 5.26 Å². The van der Waals surface area contributed by atoms with E-state index in [1.807, 2.05) is 94.9 Å². The van der Waals surface area contributed by atoms with Gasteiger partial charge in [-0.2, -0.15) is 10.4 Å². The fourth-order valence-corrected chi connectivity index (χ4v) is 3.84. The van der Waals surface area contributed by atoms with Crippen LogP contribution in [0, 0.1) is 25.2 Å². The summed E-state index contributed by atoms with van der Waals surface area (Å²) in [6, 6.07) is 22.9. The van der Waals surface area contributed by atoms with Gasteiger partial charge in [0.2, 0.25) is 0 Å². The monoisotopic (exact) mass is 415 g/mol. The van der Waals surface area contributed by atoms with Crippen LogP contribution in [0.15, 0.2) is 67.2 Å². The zero-order valence-electron chi connectivity index (χ0n) is 20.2. The van der Waals surface area contributed by atoms with Gasteiger partial charge in [0.1, 0.15) is 0 Å². The average molecular weight is 416 g/mol. The largest absolute Gasteiger partial charge is 0.272 e. The van der Waals surface area contributed by atoms with Crippen LogP contribution >= 0.6 is 0 Å². The van der Waals surface area contributed by atoms with Gasteiger partial charge in [-0.1, -0.05) is 94.9 Å². The predicted molar refractivity (Wildman–Crippen MR) is 133 cm³/mol. The fraction of sp³-hybridized carbons (Fsp3) is 0.357. The van der Waals surface area contributed by atoms with Crippen molar-refractivity contribution in [3.05, 3.63) is 95.3 Å². The maximum Gasteiger partial charge on any atom is 0.0784 e. The van der Waals surface area contributed by atoms with Gasteiger partial charge >= 0.3 is 0 Å². The number of rotatable bonds is 6. The third-order valence-corrected chi connectivity index (χ3v) is 5.26. The van der Waals surface area contributed by atoms with E-state index in [-0.39, 0.29) is 11.8 Å². The predicted octanol–water partition coefficient (Wildman–Crippen LogP) is 7.58. The molecule has 0 bridgehead atoms. The zero-order valence-corrected chi connectivity index (χ0v) is 20.2. The lowest BCUT2D eigenvalue weighted by Crippen LogP contribution is -2.11. The normalized spacial score (nSPS) is 11.7. The summed E-state index contributed by atoms with van der Waals surface area (Å²) in [6.45, 7) is 16.5. The Hall–Kier alpha value is -3.12. The summed E-state index contributed by atoms with van der Waals surface area (Å²) in [6.07, 6.45) is 0.713. The summed E-state index contributed by atoms with van der Waals surface area (Å²) in [5, 5.41) is 14.5. The highest BCUT2D eigenvalue weighted by molar-refractivity contribution is 5.68. The first-order valence-corrected chi connectivity index (χ1v) is 11.2. The molecule has 31 heavy (non-hydrogen) atoms. The molecule has 3 heteroatoms. The summed E-state index contributed by atoms with van der Waals surface area (Å²) in [7, 11) is 1.95. The van der Waals surface area contributed by atoms with E-state index in [2.05, 4.69) is 36.8 Å². The standard InChI is InChI=1S/C24H25N3.2C2H6/c1-17(24-18(2)26-27(4)19(24)3)15-22(20-11-7-5-8-12-20)23(16-25)21-13-9-6-10-14-21;2*1-2/h5-14,22-23H,1,15H2,2-4H3;2*1-2H3. The van der Waals surface area contributed by atoms with Gasteiger partial charge in [0.15, 0.2) is 0 Å². The maximum atomic E-state index is 10.0. The highest BCUT2D eigenvalue weighted by atomic mass is 15.3. The molecule has 164 valence electrons. The van der Waals surface area contributed by atoms with Gasteiger partial charge in [-0.25, -0.2) is 0 Å². The van der Waals surface area contributed by atoms with E-state index in [0.717, 1.165) is 33.7 Å². The van der Waals surface area contributed by atoms with E-state index in [1.54, 1.807) is 0 Å². The smallest absolute Gasteiger partial charge is 0.0784 e. The third kappa shape index (κ3) is 6.43. The number of nitrogens with zero attached hydrogens (tertiary/aromatic N) is 3. The van der Waals surface area contributed by atoms with Crippen molar-refractivity contribution in [1.82, 2.24) is 9.78 Å². The lowest BCUT2D eigenvalue weighted by molar-refractivity contribution is 0.642. The Bertz CT molecular complexity index is 963. The third-order valence-electron chi connectivity index (χ3n) is 5.26. The van der Waals surface area contributed by atoms with E-state index >= 15 is 0 Å². The summed E-state index contributed by atoms with van der Waals surface area (Å²) >= 11 is 0. The van der Waals surface area contributed by atoms with Crippen molar-refractivity contribution in [1.29, 1.82) is 5.26 Å². The minimum Gasteiger partial charge on any atom is -0.272 e. The number of hydrogen-bond donors (Lipinski definition) is 0. The number of allylic oxidation sites excluding steroid dienone is 1. The first-order valence-electron chi connectivity index (χ1n) is 11.2. The lowest BCUT2D eigenvalue weighted by atomic mass is 9.77. The van der Waals surface area contributed by atoms with Crippen molar-refractivity contribution < 1.29 is 0 Å². The van der Waals surface area contributed by atoms with Crippen LogP contribution in [-0.2, 0) is 7.05 Å². The van der Waals surface area contributed by atoms with Gasteiger partial charge in [0.25, 0.3) is 0 Å². The van der Waals surface area contributed by atoms with Crippen molar-refractivity contribution in [2.24, 2.45) is 7.05 Å². The molecule has 1 aromatic heterocycles. The SMILES string of the molecule is C=C(CC(c1ccccc1)C(C#N)c1ccccc1)c1c(C)nn(C)c1C.CC.CC. The molecule has 0 saturated carbocycles. The first kappa shape index (κ1) is 25.9. The van der Waals surface area contributed by atoms with Crippen LogP contribution in [0.3, 0.4) is 0 Å². The van der Waals surface area contributed by atoms with Crippen LogP contribution in [-0.4, -0.2) is 9.78 Å². The molecule has 0 saturated heterocycles. The Balaban J connectivity index is 0.00000113. The van der Waals surface area contributed by atoms with Crippen molar-refractivity contribution >= 4 is 5.57 Å². The number of hydrogen-bond acceptors (Lipinski definition) is 2. The summed E-state index contributed by atoms with van der Waals surface area (Å²) in [5.74, 6) is -0.201. The first-order chi connectivity index (χ1) is 15.0. The number of nitriles is 1. The zero-order chi connectivity index (χ0) is 23.4. The molecule has 2 aromatic carbocycles. The maximum absolute atomic E-state index is 10.0. The van der Waals surface area contributed by atoms with E-state index in [0.29, 0.717) is 6.42 Å². The van der Waals surface area contributed by atoms with Gasteiger partial charge in [-0.15, -0.1) is 0 Å². The van der Waals surface area contributed by atoms with Gasteiger partial charge in [-0.3, -0.25) is 4.68 Å². The summed E-state index contributed by atoms with van der Waals surface area (Å²) < 4.78 is 1.90. The highest BCUT2D eigenvalue weighted by Crippen LogP contribution is 2.40. The minimum absolute atomic E-state index is 0.0325. The molecular weight excluding hydrogens is 378 g/mol. The van der Waals surface area contributed by atoms with Crippen LogP contribution in [0.4, 0.5) is 0 Å². The molecule has 0 radical (unpaired) electrons. The summed E-state index contributed by atoms with van der Waals surface area (Å²) in [4.78, 5) is 0. The van der Waals surface area contributed by atoms with Crippen molar-refractivity contribution in [3.8, 4) is 6.07 Å². The Morgan fingerprint density at radius 2 is 1.42 bits per heavy atom. The quantitative estimate of drug-likeness (QED) is 0.416. The molecular formula is C28H37N3. The Kier molecular flexibility index (Phi) is 11.1. The lowest BCUT2D eigenvalue weighted by Gasteiger charge is -2.24. The highest BCUT2D eigenvalue weighted by Gasteiger charge is 2.27. The Morgan fingerprint density at radius 3 is 1.84 bits per heavy atom. The second-order valence-corrected chi connectivity index (χ2v) is 7.01. The molecule has 0 spiro atoms. The number of benzene rings is 2. The van der Waals surface area contributed by atoms with E-state index in [4.69, 9.17) is 0 Å². The molecule has 0 amide bonds. The fourth-order valence-electron chi connectivity index (χ4n) is 3.84. The topological polar surface area (TPSA) is 41.6 Å². The summed E-state index contributed by atoms with van der Waals surface area (Å²) in [5.41, 5.74) is 6.44. The Morgan fingerprint density at radius 1 is 0.935 bits per heavy atom. The molecule has 2 unspecified atom stereocenters. The average Bonchev–Trinajstić information content (AvgIpc) is 3.08. The molecule has 3 nitrogen and oxygen atoms in total. The molecule has 2 atom stereocenters. The van der Waals surface area contributed by atoms with Gasteiger partial charge in [0.05, 0.1) is 17.7 Å². The second-order valence-electron chi connectivity index (χ2n) is 7.01. The van der Waals surface area contributed by atoms with Crippen LogP contribution in [0.25, 0.3) is 5.57 Å². The molecule has 3 rings (SSSR count). The molecule has 1 heterocycles. The molecule has 0 aliphatic rings. The van der Waals surface area contributed by atoms with Crippen LogP contribution in [0.2, 0.25) is 0 Å². The van der Waals surface area contributed by atoms with Gasteiger partial charge in [-0.05, 0) is 37.0 Å². The van der Waals surface area contributed by atoms with Crippen LogP contribution in [0.1, 0.15) is 74.0 Å². The Labute approximate surface area is 189 Å². The molecule has 0 aliphatic carbocycles. The molecule has 3 aromatic rings. The van der Waals surface area contributed by atoms with Crippen LogP contribution in [0.5, 0.6) is 0 Å². The molecule has 0 fully saturated rings. The molecule has 0 N–H and O–H groups in total.